The van der Waals surface area contributed by atoms with Crippen molar-refractivity contribution in [2.45, 2.75) is 90.3 Å². The molecule has 0 saturated carbocycles. The Bertz CT molecular complexity index is 924. The van der Waals surface area contributed by atoms with Crippen LogP contribution in [0.25, 0.3) is 0 Å². The summed E-state index contributed by atoms with van der Waals surface area (Å²) in [6.45, 7) is 4.18. The zero-order valence-corrected chi connectivity index (χ0v) is 23.1. The van der Waals surface area contributed by atoms with E-state index in [1.165, 1.54) is 6.92 Å². The number of carbonyl (C=O) groups is 5. The van der Waals surface area contributed by atoms with E-state index in [1.54, 1.807) is 24.3 Å². The van der Waals surface area contributed by atoms with Crippen molar-refractivity contribution in [2.24, 2.45) is 11.5 Å². The molecule has 218 valence electrons. The van der Waals surface area contributed by atoms with Gasteiger partial charge in [-0.3, -0.25) is 19.2 Å². The number of esters is 1. The van der Waals surface area contributed by atoms with Gasteiger partial charge in [0.25, 0.3) is 0 Å². The van der Waals surface area contributed by atoms with E-state index in [2.05, 4.69) is 21.3 Å². The van der Waals surface area contributed by atoms with Crippen LogP contribution in [0.15, 0.2) is 24.3 Å². The number of unbranched alkanes of at least 4 members (excludes halogenated alkanes) is 3. The topological polar surface area (TPSA) is 195 Å². The van der Waals surface area contributed by atoms with Gasteiger partial charge in [0, 0.05) is 25.6 Å². The SMILES string of the molecule is CCCCCC(=O)N[C@@H](CCCCN)C(=O)N[C@@H](CCCNC(N)=O)C(=O)Nc1ccc(COC(C)=O)cc1. The molecule has 0 aromatic heterocycles. The van der Waals surface area contributed by atoms with Crippen LogP contribution in [-0.2, 0) is 30.5 Å². The Morgan fingerprint density at radius 1 is 0.872 bits per heavy atom. The Balaban J connectivity index is 2.91. The van der Waals surface area contributed by atoms with Gasteiger partial charge in [0.15, 0.2) is 0 Å². The summed E-state index contributed by atoms with van der Waals surface area (Å²) in [5.74, 6) is -1.52. The first-order valence-electron chi connectivity index (χ1n) is 13.5. The van der Waals surface area contributed by atoms with Gasteiger partial charge in [-0.1, -0.05) is 31.9 Å². The molecule has 8 N–H and O–H groups in total. The van der Waals surface area contributed by atoms with E-state index >= 15 is 0 Å². The summed E-state index contributed by atoms with van der Waals surface area (Å²) >= 11 is 0. The van der Waals surface area contributed by atoms with Crippen LogP contribution < -0.4 is 32.7 Å². The summed E-state index contributed by atoms with van der Waals surface area (Å²) < 4.78 is 4.97. The third-order valence-corrected chi connectivity index (χ3v) is 5.87. The predicted molar refractivity (Wildman–Crippen MR) is 148 cm³/mol. The molecule has 1 rings (SSSR count). The zero-order valence-electron chi connectivity index (χ0n) is 23.1. The highest BCUT2D eigenvalue weighted by Gasteiger charge is 2.26. The third-order valence-electron chi connectivity index (χ3n) is 5.87. The van der Waals surface area contributed by atoms with Crippen molar-refractivity contribution in [1.82, 2.24) is 16.0 Å². The van der Waals surface area contributed by atoms with Crippen LogP contribution in [0.2, 0.25) is 0 Å². The molecule has 0 aliphatic heterocycles. The summed E-state index contributed by atoms with van der Waals surface area (Å²) in [5.41, 5.74) is 11.9. The molecule has 0 spiro atoms. The van der Waals surface area contributed by atoms with Crippen molar-refractivity contribution >= 4 is 35.4 Å². The summed E-state index contributed by atoms with van der Waals surface area (Å²) in [6.07, 6.45) is 5.29. The van der Waals surface area contributed by atoms with E-state index in [1.807, 2.05) is 6.92 Å². The van der Waals surface area contributed by atoms with E-state index in [4.69, 9.17) is 16.2 Å². The number of carbonyl (C=O) groups excluding carboxylic acids is 5. The quantitative estimate of drug-likeness (QED) is 0.112. The molecule has 1 aromatic carbocycles. The first-order valence-corrected chi connectivity index (χ1v) is 13.5. The van der Waals surface area contributed by atoms with Crippen molar-refractivity contribution in [1.29, 1.82) is 0 Å². The van der Waals surface area contributed by atoms with Gasteiger partial charge in [0.2, 0.25) is 17.7 Å². The lowest BCUT2D eigenvalue weighted by atomic mass is 10.1. The highest BCUT2D eigenvalue weighted by Crippen LogP contribution is 2.13. The van der Waals surface area contributed by atoms with Crippen molar-refractivity contribution < 1.29 is 28.7 Å². The predicted octanol–water partition coefficient (Wildman–Crippen LogP) is 1.82. The molecule has 0 aliphatic carbocycles. The van der Waals surface area contributed by atoms with Gasteiger partial charge in [-0.25, -0.2) is 4.79 Å². The Morgan fingerprint density at radius 3 is 2.15 bits per heavy atom. The molecule has 0 heterocycles. The van der Waals surface area contributed by atoms with Crippen molar-refractivity contribution in [2.75, 3.05) is 18.4 Å². The number of nitrogens with two attached hydrogens (primary N) is 2. The van der Waals surface area contributed by atoms with Crippen molar-refractivity contribution in [3.8, 4) is 0 Å². The van der Waals surface area contributed by atoms with E-state index in [9.17, 15) is 24.0 Å². The molecule has 0 aliphatic rings. The first kappa shape index (κ1) is 33.4. The highest BCUT2D eigenvalue weighted by molar-refractivity contribution is 5.98. The van der Waals surface area contributed by atoms with Gasteiger partial charge in [0.1, 0.15) is 18.7 Å². The van der Waals surface area contributed by atoms with Crippen LogP contribution in [0, 0.1) is 0 Å². The first-order chi connectivity index (χ1) is 18.7. The summed E-state index contributed by atoms with van der Waals surface area (Å²) in [5, 5.41) is 10.8. The lowest BCUT2D eigenvalue weighted by Crippen LogP contribution is -2.52. The lowest BCUT2D eigenvalue weighted by molar-refractivity contribution is -0.142. The van der Waals surface area contributed by atoms with Gasteiger partial charge in [-0.15, -0.1) is 0 Å². The number of primary amides is 1. The molecular formula is C27H44N6O6. The largest absolute Gasteiger partial charge is 0.461 e. The second-order valence-corrected chi connectivity index (χ2v) is 9.32. The average molecular weight is 549 g/mol. The van der Waals surface area contributed by atoms with Crippen LogP contribution >= 0.6 is 0 Å². The summed E-state index contributed by atoms with van der Waals surface area (Å²) in [4.78, 5) is 60.8. The Labute approximate surface area is 230 Å². The second kappa shape index (κ2) is 19.4. The number of hydrogen-bond acceptors (Lipinski definition) is 7. The fourth-order valence-corrected chi connectivity index (χ4v) is 3.72. The number of anilines is 1. The van der Waals surface area contributed by atoms with E-state index in [0.29, 0.717) is 44.3 Å². The number of hydrogen-bond donors (Lipinski definition) is 6. The van der Waals surface area contributed by atoms with Crippen LogP contribution in [-0.4, -0.2) is 54.9 Å². The molecule has 39 heavy (non-hydrogen) atoms. The molecule has 0 saturated heterocycles. The molecule has 12 nitrogen and oxygen atoms in total. The number of rotatable bonds is 19. The van der Waals surface area contributed by atoms with Crippen LogP contribution in [0.3, 0.4) is 0 Å². The standard InChI is InChI=1S/C27H44N6O6/c1-3-4-5-11-24(35)32-22(9-6-7-16-28)26(37)33-23(10-8-17-30-27(29)38)25(36)31-21-14-12-20(13-15-21)18-39-19(2)34/h12-15,22-23H,3-11,16-18,28H2,1-2H3,(H,31,36)(H,32,35)(H,33,37)(H3,29,30,38)/t22-,23-/m0/s1. The van der Waals surface area contributed by atoms with Gasteiger partial charge >= 0.3 is 12.0 Å². The maximum absolute atomic E-state index is 13.2. The lowest BCUT2D eigenvalue weighted by Gasteiger charge is -2.23. The Kier molecular flexibility index (Phi) is 16.6. The normalized spacial score (nSPS) is 12.1. The van der Waals surface area contributed by atoms with Gasteiger partial charge in [-0.05, 0) is 62.8 Å². The number of urea groups is 1. The maximum Gasteiger partial charge on any atom is 0.312 e. The van der Waals surface area contributed by atoms with Crippen LogP contribution in [0.5, 0.6) is 0 Å². The molecule has 0 radical (unpaired) electrons. The summed E-state index contributed by atoms with van der Waals surface area (Å²) in [6, 6.07) is 4.34. The number of benzene rings is 1. The minimum atomic E-state index is -0.929. The monoisotopic (exact) mass is 548 g/mol. The molecule has 1 aromatic rings. The zero-order chi connectivity index (χ0) is 29.0. The number of amides is 5. The molecule has 0 bridgehead atoms. The van der Waals surface area contributed by atoms with Crippen molar-refractivity contribution in [3.63, 3.8) is 0 Å². The van der Waals surface area contributed by atoms with Crippen LogP contribution in [0.1, 0.15) is 77.2 Å². The maximum atomic E-state index is 13.2. The van der Waals surface area contributed by atoms with Gasteiger partial charge in [-0.2, -0.15) is 0 Å². The highest BCUT2D eigenvalue weighted by atomic mass is 16.5. The second-order valence-electron chi connectivity index (χ2n) is 9.32. The third kappa shape index (κ3) is 15.4. The Hall–Kier alpha value is -3.67. The summed E-state index contributed by atoms with van der Waals surface area (Å²) in [7, 11) is 0. The number of ether oxygens (including phenoxy) is 1. The fourth-order valence-electron chi connectivity index (χ4n) is 3.72. The number of nitrogens with one attached hydrogen (secondary N) is 4. The van der Waals surface area contributed by atoms with E-state index in [0.717, 1.165) is 24.8 Å². The molecule has 12 heteroatoms. The molecule has 5 amide bonds. The molecule has 0 unspecified atom stereocenters. The molecule has 0 fully saturated rings. The Morgan fingerprint density at radius 2 is 1.54 bits per heavy atom. The van der Waals surface area contributed by atoms with E-state index < -0.39 is 35.9 Å². The molecule has 2 atom stereocenters. The average Bonchev–Trinajstić information content (AvgIpc) is 2.89. The van der Waals surface area contributed by atoms with Crippen molar-refractivity contribution in [3.05, 3.63) is 29.8 Å². The van der Waals surface area contributed by atoms with E-state index in [-0.39, 0.29) is 25.5 Å². The fraction of sp³-hybridized carbons (Fsp3) is 0.593. The van der Waals surface area contributed by atoms with Gasteiger partial charge < -0.3 is 37.5 Å². The minimum absolute atomic E-state index is 0.116. The minimum Gasteiger partial charge on any atom is -0.461 e. The smallest absolute Gasteiger partial charge is 0.312 e. The van der Waals surface area contributed by atoms with Crippen LogP contribution in [0.4, 0.5) is 10.5 Å². The molecular weight excluding hydrogens is 504 g/mol. The van der Waals surface area contributed by atoms with Gasteiger partial charge in [0.05, 0.1) is 0 Å².